The topological polar surface area (TPSA) is 72.9 Å². The van der Waals surface area contributed by atoms with E-state index in [0.717, 1.165) is 33.2 Å². The Hall–Kier alpha value is -3.58. The maximum absolute atomic E-state index is 12.4. The van der Waals surface area contributed by atoms with Crippen LogP contribution in [0, 0.1) is 0 Å². The van der Waals surface area contributed by atoms with Crippen molar-refractivity contribution < 1.29 is 23.9 Å². The molecule has 31 heavy (non-hydrogen) atoms. The molecule has 0 aromatic heterocycles. The number of carbonyl (C=O) groups is 3. The highest BCUT2D eigenvalue weighted by Gasteiger charge is 2.36. The molecule has 1 saturated heterocycles. The van der Waals surface area contributed by atoms with E-state index in [2.05, 4.69) is 22.9 Å². The predicted octanol–water partition coefficient (Wildman–Crippen LogP) is 4.63. The summed E-state index contributed by atoms with van der Waals surface area (Å²) in [6, 6.07) is 21.5. The number of nitrogens with zero attached hydrogens (tertiary/aromatic N) is 1. The van der Waals surface area contributed by atoms with Crippen LogP contribution in [0.5, 0.6) is 5.75 Å². The first-order valence-corrected chi connectivity index (χ1v) is 10.4. The highest BCUT2D eigenvalue weighted by atomic mass is 32.2. The van der Waals surface area contributed by atoms with Crippen LogP contribution in [0.3, 0.4) is 0 Å². The van der Waals surface area contributed by atoms with Crippen LogP contribution < -0.4 is 4.74 Å². The van der Waals surface area contributed by atoms with E-state index >= 15 is 0 Å². The Balaban J connectivity index is 1.43. The van der Waals surface area contributed by atoms with Gasteiger partial charge < -0.3 is 9.47 Å². The summed E-state index contributed by atoms with van der Waals surface area (Å²) in [6.07, 6.45) is 1.62. The molecule has 156 valence electrons. The molecule has 0 saturated carbocycles. The number of esters is 1. The molecule has 0 bridgehead atoms. The van der Waals surface area contributed by atoms with Crippen LogP contribution in [0.1, 0.15) is 11.1 Å². The van der Waals surface area contributed by atoms with Crippen LogP contribution >= 0.6 is 11.8 Å². The van der Waals surface area contributed by atoms with E-state index in [4.69, 9.17) is 4.74 Å². The van der Waals surface area contributed by atoms with Crippen molar-refractivity contribution in [2.24, 2.45) is 0 Å². The van der Waals surface area contributed by atoms with Gasteiger partial charge in [0.1, 0.15) is 18.9 Å². The van der Waals surface area contributed by atoms with Crippen molar-refractivity contribution in [3.63, 3.8) is 0 Å². The third-order valence-electron chi connectivity index (χ3n) is 4.84. The zero-order valence-corrected chi connectivity index (χ0v) is 17.6. The van der Waals surface area contributed by atoms with Crippen LogP contribution in [0.2, 0.25) is 0 Å². The molecular formula is C24H19NO5S. The molecule has 3 aromatic rings. The summed E-state index contributed by atoms with van der Waals surface area (Å²) < 4.78 is 10.5. The van der Waals surface area contributed by atoms with Gasteiger partial charge >= 0.3 is 5.97 Å². The molecule has 3 aromatic carbocycles. The minimum Gasteiger partial charge on any atom is -0.489 e. The van der Waals surface area contributed by atoms with E-state index in [0.29, 0.717) is 12.4 Å². The van der Waals surface area contributed by atoms with Crippen molar-refractivity contribution >= 4 is 45.7 Å². The lowest BCUT2D eigenvalue weighted by Crippen LogP contribution is -2.34. The molecule has 1 fully saturated rings. The van der Waals surface area contributed by atoms with Crippen LogP contribution in [-0.2, 0) is 20.9 Å². The van der Waals surface area contributed by atoms with Crippen molar-refractivity contribution in [2.75, 3.05) is 13.7 Å². The molecule has 0 unspecified atom stereocenters. The molecule has 0 N–H and O–H groups in total. The number of ether oxygens (including phenoxy) is 2. The molecule has 6 nitrogen and oxygen atoms in total. The molecular weight excluding hydrogens is 414 g/mol. The molecule has 0 aliphatic carbocycles. The summed E-state index contributed by atoms with van der Waals surface area (Å²) in [5.41, 5.74) is 1.85. The lowest BCUT2D eigenvalue weighted by atomic mass is 10.1. The Morgan fingerprint density at radius 2 is 1.74 bits per heavy atom. The lowest BCUT2D eigenvalue weighted by Gasteiger charge is -2.10. The number of imide groups is 1. The highest BCUT2D eigenvalue weighted by molar-refractivity contribution is 8.18. The van der Waals surface area contributed by atoms with Crippen LogP contribution in [0.15, 0.2) is 71.6 Å². The lowest BCUT2D eigenvalue weighted by molar-refractivity contribution is -0.143. The van der Waals surface area contributed by atoms with Crippen molar-refractivity contribution in [3.05, 3.63) is 82.8 Å². The Morgan fingerprint density at radius 1 is 1.00 bits per heavy atom. The van der Waals surface area contributed by atoms with Crippen molar-refractivity contribution in [1.82, 2.24) is 4.90 Å². The van der Waals surface area contributed by atoms with Gasteiger partial charge in [0.25, 0.3) is 11.1 Å². The first-order chi connectivity index (χ1) is 15.0. The summed E-state index contributed by atoms with van der Waals surface area (Å²) in [5.74, 6) is -0.447. The number of benzene rings is 3. The molecule has 1 aliphatic rings. The number of hydrogen-bond acceptors (Lipinski definition) is 6. The average molecular weight is 433 g/mol. The highest BCUT2D eigenvalue weighted by Crippen LogP contribution is 2.32. The summed E-state index contributed by atoms with van der Waals surface area (Å²) in [6.45, 7) is 0.0482. The zero-order valence-electron chi connectivity index (χ0n) is 16.7. The quantitative estimate of drug-likeness (QED) is 0.417. The molecule has 2 amide bonds. The SMILES string of the molecule is COC(=O)CN1C(=O)SC(=Cc2ccc(OCc3cccc4ccccc34)cc2)C1=O. The van der Waals surface area contributed by atoms with E-state index < -0.39 is 17.1 Å². The molecule has 0 spiro atoms. The number of hydrogen-bond donors (Lipinski definition) is 0. The fourth-order valence-corrected chi connectivity index (χ4v) is 4.06. The van der Waals surface area contributed by atoms with Crippen molar-refractivity contribution in [2.45, 2.75) is 6.61 Å². The summed E-state index contributed by atoms with van der Waals surface area (Å²) in [5, 5.41) is 1.83. The van der Waals surface area contributed by atoms with Gasteiger partial charge in [-0.05, 0) is 51.9 Å². The van der Waals surface area contributed by atoms with E-state index in [-0.39, 0.29) is 11.4 Å². The van der Waals surface area contributed by atoms with Crippen molar-refractivity contribution in [1.29, 1.82) is 0 Å². The Morgan fingerprint density at radius 3 is 2.52 bits per heavy atom. The van der Waals surface area contributed by atoms with E-state index in [1.807, 2.05) is 48.5 Å². The second-order valence-electron chi connectivity index (χ2n) is 6.84. The largest absolute Gasteiger partial charge is 0.489 e. The van der Waals surface area contributed by atoms with E-state index in [1.54, 1.807) is 6.08 Å². The van der Waals surface area contributed by atoms with Gasteiger partial charge in [-0.3, -0.25) is 19.3 Å². The van der Waals surface area contributed by atoms with Gasteiger partial charge in [0.2, 0.25) is 0 Å². The third kappa shape index (κ3) is 4.62. The number of amides is 2. The number of rotatable bonds is 6. The van der Waals surface area contributed by atoms with Crippen LogP contribution in [0.4, 0.5) is 4.79 Å². The van der Waals surface area contributed by atoms with Gasteiger partial charge in [0, 0.05) is 0 Å². The maximum Gasteiger partial charge on any atom is 0.325 e. The van der Waals surface area contributed by atoms with Gasteiger partial charge in [0.05, 0.1) is 12.0 Å². The summed E-state index contributed by atoms with van der Waals surface area (Å²) >= 11 is 0.801. The molecule has 4 rings (SSSR count). The average Bonchev–Trinajstić information content (AvgIpc) is 3.05. The first-order valence-electron chi connectivity index (χ1n) is 9.57. The van der Waals surface area contributed by atoms with Gasteiger partial charge in [-0.1, -0.05) is 54.6 Å². The Kier molecular flexibility index (Phi) is 6.04. The third-order valence-corrected chi connectivity index (χ3v) is 5.75. The van der Waals surface area contributed by atoms with Crippen molar-refractivity contribution in [3.8, 4) is 5.75 Å². The maximum atomic E-state index is 12.4. The molecule has 0 atom stereocenters. The van der Waals surface area contributed by atoms with Crippen LogP contribution in [0.25, 0.3) is 16.8 Å². The fraction of sp³-hybridized carbons (Fsp3) is 0.125. The molecule has 7 heteroatoms. The molecule has 1 aliphatic heterocycles. The minimum absolute atomic E-state index is 0.262. The van der Waals surface area contributed by atoms with Crippen LogP contribution in [-0.4, -0.2) is 35.7 Å². The monoisotopic (exact) mass is 433 g/mol. The smallest absolute Gasteiger partial charge is 0.325 e. The number of thioether (sulfide) groups is 1. The normalized spacial score (nSPS) is 15.0. The number of methoxy groups -OCH3 is 1. The standard InChI is InChI=1S/C24H19NO5S/c1-29-22(26)14-25-23(27)21(31-24(25)28)13-16-9-11-19(12-10-16)30-15-18-7-4-6-17-5-2-3-8-20(17)18/h2-13H,14-15H2,1H3. The molecule has 0 radical (unpaired) electrons. The minimum atomic E-state index is -0.642. The fourth-order valence-electron chi connectivity index (χ4n) is 3.22. The predicted molar refractivity (Wildman–Crippen MR) is 119 cm³/mol. The van der Waals surface area contributed by atoms with Gasteiger partial charge in [-0.25, -0.2) is 0 Å². The zero-order chi connectivity index (χ0) is 21.8. The first kappa shape index (κ1) is 20.7. The number of carbonyl (C=O) groups excluding carboxylic acids is 3. The molecule has 1 heterocycles. The number of fused-ring (bicyclic) bond motifs is 1. The Labute approximate surface area is 183 Å². The van der Waals surface area contributed by atoms with Gasteiger partial charge in [-0.15, -0.1) is 0 Å². The summed E-state index contributed by atoms with van der Waals surface area (Å²) in [4.78, 5) is 36.9. The second kappa shape index (κ2) is 9.06. The van der Waals surface area contributed by atoms with Gasteiger partial charge in [0.15, 0.2) is 0 Å². The second-order valence-corrected chi connectivity index (χ2v) is 7.83. The van der Waals surface area contributed by atoms with Gasteiger partial charge in [-0.2, -0.15) is 0 Å². The summed E-state index contributed by atoms with van der Waals surface area (Å²) in [7, 11) is 1.21. The Bertz CT molecular complexity index is 1180. The van der Waals surface area contributed by atoms with E-state index in [9.17, 15) is 14.4 Å². The van der Waals surface area contributed by atoms with E-state index in [1.165, 1.54) is 12.5 Å².